The number of likely N-dealkylation sites (tertiary alicyclic amines) is 1. The predicted octanol–water partition coefficient (Wildman–Crippen LogP) is 4.84. The summed E-state index contributed by atoms with van der Waals surface area (Å²) in [6.45, 7) is 5.98. The van der Waals surface area contributed by atoms with Crippen molar-refractivity contribution in [1.29, 1.82) is 0 Å². The molecule has 2 aromatic rings. The molecular weight excluding hydrogens is 410 g/mol. The first-order valence-corrected chi connectivity index (χ1v) is 10.9. The standard InChI is InChI=1S/C22H29F4N5/c1-3-14(4-2)20-29-18(15-9-17(22(24,25)26)19(27)28-11-15)13-31(20)21-5-7-30(8-6-23)12-16(21)10-21/h9,11,13-14,16H,3-8,10,12H2,1-2H3,(H2,27,28)/t16-,21?/m1/s1. The van der Waals surface area contributed by atoms with E-state index < -0.39 is 17.6 Å². The van der Waals surface area contributed by atoms with Crippen LogP contribution in [0.25, 0.3) is 11.3 Å². The summed E-state index contributed by atoms with van der Waals surface area (Å²) in [7, 11) is 0. The molecule has 170 valence electrons. The molecule has 0 aromatic carbocycles. The molecule has 9 heteroatoms. The number of pyridine rings is 1. The fourth-order valence-corrected chi connectivity index (χ4v) is 5.08. The molecule has 1 aliphatic carbocycles. The molecule has 4 rings (SSSR count). The second-order valence-corrected chi connectivity index (χ2v) is 8.77. The SMILES string of the molecule is CCC(CC)c1nc(-c2cnc(N)c(C(F)(F)F)c2)cn1C12CCN(CCF)C[C@H]1C2. The Kier molecular flexibility index (Phi) is 5.74. The van der Waals surface area contributed by atoms with Crippen molar-refractivity contribution in [2.24, 2.45) is 5.92 Å². The van der Waals surface area contributed by atoms with Crippen molar-refractivity contribution in [3.05, 3.63) is 29.8 Å². The Hall–Kier alpha value is -2.16. The van der Waals surface area contributed by atoms with Crippen LogP contribution in [0.5, 0.6) is 0 Å². The summed E-state index contributed by atoms with van der Waals surface area (Å²) >= 11 is 0. The van der Waals surface area contributed by atoms with Gasteiger partial charge in [-0.15, -0.1) is 0 Å². The Morgan fingerprint density at radius 2 is 2.03 bits per heavy atom. The summed E-state index contributed by atoms with van der Waals surface area (Å²) in [6, 6.07) is 1.04. The molecular formula is C22H29F4N5. The van der Waals surface area contributed by atoms with E-state index in [0.29, 0.717) is 23.7 Å². The van der Waals surface area contributed by atoms with E-state index in [-0.39, 0.29) is 18.1 Å². The summed E-state index contributed by atoms with van der Waals surface area (Å²) in [4.78, 5) is 10.8. The number of hydrogen-bond donors (Lipinski definition) is 1. The molecule has 2 aliphatic rings. The molecule has 1 unspecified atom stereocenters. The fourth-order valence-electron chi connectivity index (χ4n) is 5.08. The molecule has 0 radical (unpaired) electrons. The molecule has 0 spiro atoms. The first-order valence-electron chi connectivity index (χ1n) is 10.9. The van der Waals surface area contributed by atoms with Gasteiger partial charge in [-0.2, -0.15) is 13.2 Å². The number of hydrogen-bond acceptors (Lipinski definition) is 4. The Labute approximate surface area is 179 Å². The Bertz CT molecular complexity index is 936. The van der Waals surface area contributed by atoms with Crippen LogP contribution in [-0.2, 0) is 11.7 Å². The minimum absolute atomic E-state index is 0.0654. The summed E-state index contributed by atoms with van der Waals surface area (Å²) < 4.78 is 55.0. The highest BCUT2D eigenvalue weighted by Crippen LogP contribution is 2.57. The average molecular weight is 440 g/mol. The number of nitrogens with two attached hydrogens (primary N) is 1. The third-order valence-electron chi connectivity index (χ3n) is 7.02. The number of halogens is 4. The van der Waals surface area contributed by atoms with Gasteiger partial charge >= 0.3 is 6.18 Å². The van der Waals surface area contributed by atoms with Gasteiger partial charge in [-0.1, -0.05) is 13.8 Å². The van der Waals surface area contributed by atoms with Crippen molar-refractivity contribution in [2.45, 2.75) is 57.2 Å². The lowest BCUT2D eigenvalue weighted by Crippen LogP contribution is -2.40. The van der Waals surface area contributed by atoms with E-state index >= 15 is 0 Å². The van der Waals surface area contributed by atoms with Crippen LogP contribution in [0.1, 0.15) is 56.8 Å². The molecule has 2 fully saturated rings. The largest absolute Gasteiger partial charge is 0.419 e. The molecule has 1 saturated carbocycles. The van der Waals surface area contributed by atoms with Gasteiger partial charge in [0.05, 0.1) is 16.8 Å². The van der Waals surface area contributed by atoms with Crippen molar-refractivity contribution < 1.29 is 17.6 Å². The highest BCUT2D eigenvalue weighted by Gasteiger charge is 2.58. The number of anilines is 1. The van der Waals surface area contributed by atoms with Crippen LogP contribution in [0.3, 0.4) is 0 Å². The zero-order valence-corrected chi connectivity index (χ0v) is 17.9. The number of nitrogens with zero attached hydrogens (tertiary/aromatic N) is 4. The topological polar surface area (TPSA) is 60.0 Å². The van der Waals surface area contributed by atoms with Crippen molar-refractivity contribution in [2.75, 3.05) is 32.0 Å². The van der Waals surface area contributed by atoms with Crippen molar-refractivity contribution in [1.82, 2.24) is 19.4 Å². The summed E-state index contributed by atoms with van der Waals surface area (Å²) in [5, 5.41) is 0. The lowest BCUT2D eigenvalue weighted by molar-refractivity contribution is -0.137. The predicted molar refractivity (Wildman–Crippen MR) is 111 cm³/mol. The van der Waals surface area contributed by atoms with Crippen LogP contribution in [0.2, 0.25) is 0 Å². The highest BCUT2D eigenvalue weighted by molar-refractivity contribution is 5.62. The number of rotatable bonds is 7. The molecule has 0 amide bonds. The lowest BCUT2D eigenvalue weighted by Gasteiger charge is -2.33. The zero-order valence-electron chi connectivity index (χ0n) is 17.9. The number of imidazole rings is 1. The molecule has 0 bridgehead atoms. The van der Waals surface area contributed by atoms with Gasteiger partial charge in [-0.3, -0.25) is 0 Å². The van der Waals surface area contributed by atoms with Crippen LogP contribution in [0.4, 0.5) is 23.4 Å². The van der Waals surface area contributed by atoms with Gasteiger partial charge in [0.1, 0.15) is 18.3 Å². The molecule has 1 aliphatic heterocycles. The maximum atomic E-state index is 13.3. The van der Waals surface area contributed by atoms with Crippen molar-refractivity contribution in [3.8, 4) is 11.3 Å². The van der Waals surface area contributed by atoms with E-state index in [1.54, 1.807) is 0 Å². The fraction of sp³-hybridized carbons (Fsp3) is 0.636. The zero-order chi connectivity index (χ0) is 22.4. The van der Waals surface area contributed by atoms with E-state index in [9.17, 15) is 17.6 Å². The third kappa shape index (κ3) is 3.92. The van der Waals surface area contributed by atoms with E-state index in [1.807, 2.05) is 6.20 Å². The first kappa shape index (κ1) is 22.0. The number of alkyl halides is 4. The van der Waals surface area contributed by atoms with Gasteiger partial charge in [0.15, 0.2) is 0 Å². The second-order valence-electron chi connectivity index (χ2n) is 8.77. The normalized spacial score (nSPS) is 23.9. The Morgan fingerprint density at radius 1 is 1.29 bits per heavy atom. The van der Waals surface area contributed by atoms with Crippen molar-refractivity contribution in [3.63, 3.8) is 0 Å². The number of aromatic nitrogens is 3. The van der Waals surface area contributed by atoms with Gasteiger partial charge < -0.3 is 15.2 Å². The lowest BCUT2D eigenvalue weighted by atomic mass is 9.99. The Morgan fingerprint density at radius 3 is 2.65 bits per heavy atom. The summed E-state index contributed by atoms with van der Waals surface area (Å²) in [5.41, 5.74) is 5.28. The van der Waals surface area contributed by atoms with Crippen LogP contribution in [0, 0.1) is 5.92 Å². The minimum Gasteiger partial charge on any atom is -0.383 e. The number of fused-ring (bicyclic) bond motifs is 1. The molecule has 31 heavy (non-hydrogen) atoms. The Balaban J connectivity index is 1.73. The quantitative estimate of drug-likeness (QED) is 0.627. The van der Waals surface area contributed by atoms with E-state index in [1.165, 1.54) is 6.20 Å². The summed E-state index contributed by atoms with van der Waals surface area (Å²) in [6.07, 6.45) is 2.37. The molecule has 1 saturated heterocycles. The van der Waals surface area contributed by atoms with E-state index in [4.69, 9.17) is 10.7 Å². The van der Waals surface area contributed by atoms with Crippen LogP contribution in [-0.4, -0.2) is 45.7 Å². The third-order valence-corrected chi connectivity index (χ3v) is 7.02. The average Bonchev–Trinajstić information content (AvgIpc) is 3.29. The van der Waals surface area contributed by atoms with Crippen LogP contribution in [0.15, 0.2) is 18.5 Å². The monoisotopic (exact) mass is 439 g/mol. The van der Waals surface area contributed by atoms with Gasteiger partial charge in [0.25, 0.3) is 0 Å². The summed E-state index contributed by atoms with van der Waals surface area (Å²) in [5.74, 6) is 1.03. The molecule has 2 aromatic heterocycles. The van der Waals surface area contributed by atoms with Gasteiger partial charge in [0, 0.05) is 43.5 Å². The first-order chi connectivity index (χ1) is 14.7. The highest BCUT2D eigenvalue weighted by atomic mass is 19.4. The maximum absolute atomic E-state index is 13.3. The molecule has 3 heterocycles. The van der Waals surface area contributed by atoms with Crippen molar-refractivity contribution >= 4 is 5.82 Å². The van der Waals surface area contributed by atoms with Gasteiger partial charge in [0.2, 0.25) is 0 Å². The molecule has 2 atom stereocenters. The molecule has 5 nitrogen and oxygen atoms in total. The minimum atomic E-state index is -4.57. The van der Waals surface area contributed by atoms with Gasteiger partial charge in [-0.05, 0) is 37.7 Å². The number of nitrogen functional groups attached to an aromatic ring is 1. The molecule has 2 N–H and O–H groups in total. The number of piperidine rings is 1. The van der Waals surface area contributed by atoms with Crippen LogP contribution >= 0.6 is 0 Å². The van der Waals surface area contributed by atoms with E-state index in [0.717, 1.165) is 50.7 Å². The van der Waals surface area contributed by atoms with E-state index in [2.05, 4.69) is 28.3 Å². The smallest absolute Gasteiger partial charge is 0.383 e. The second kappa shape index (κ2) is 8.07. The maximum Gasteiger partial charge on any atom is 0.419 e. The van der Waals surface area contributed by atoms with Crippen LogP contribution < -0.4 is 5.73 Å². The van der Waals surface area contributed by atoms with Gasteiger partial charge in [-0.25, -0.2) is 14.4 Å².